The number of benzene rings is 1. The van der Waals surface area contributed by atoms with Crippen LogP contribution in [0.15, 0.2) is 59.2 Å². The fourth-order valence-corrected chi connectivity index (χ4v) is 5.25. The van der Waals surface area contributed by atoms with Gasteiger partial charge in [-0.25, -0.2) is 9.37 Å². The Labute approximate surface area is 229 Å². The summed E-state index contributed by atoms with van der Waals surface area (Å²) in [6.45, 7) is 5.91. The molecule has 5 rings (SSSR count). The van der Waals surface area contributed by atoms with Gasteiger partial charge in [0, 0.05) is 50.9 Å². The van der Waals surface area contributed by atoms with Crippen LogP contribution in [0.3, 0.4) is 0 Å². The molecular weight excluding hydrogens is 497 g/mol. The first-order chi connectivity index (χ1) is 18.9. The van der Waals surface area contributed by atoms with Gasteiger partial charge in [-0.3, -0.25) is 19.1 Å². The van der Waals surface area contributed by atoms with Gasteiger partial charge in [0.2, 0.25) is 6.41 Å². The number of carbonyl (C=O) groups is 1. The summed E-state index contributed by atoms with van der Waals surface area (Å²) in [5, 5.41) is 13.9. The van der Waals surface area contributed by atoms with E-state index in [4.69, 9.17) is 0 Å². The molecule has 9 heteroatoms. The summed E-state index contributed by atoms with van der Waals surface area (Å²) in [5.74, 6) is 0.314. The summed E-state index contributed by atoms with van der Waals surface area (Å²) >= 11 is 0. The predicted octanol–water partition coefficient (Wildman–Crippen LogP) is 3.86. The minimum absolute atomic E-state index is 0.156. The number of allylic oxidation sites excluding steroid dienone is 4. The Morgan fingerprint density at radius 1 is 1.21 bits per heavy atom. The van der Waals surface area contributed by atoms with Gasteiger partial charge in [0.15, 0.2) is 0 Å². The van der Waals surface area contributed by atoms with Crippen LogP contribution in [-0.2, 0) is 24.4 Å². The van der Waals surface area contributed by atoms with Gasteiger partial charge in [0.25, 0.3) is 5.56 Å². The molecule has 2 aliphatic heterocycles. The van der Waals surface area contributed by atoms with Crippen molar-refractivity contribution >= 4 is 12.2 Å². The van der Waals surface area contributed by atoms with Crippen LogP contribution in [0.25, 0.3) is 0 Å². The van der Waals surface area contributed by atoms with Crippen molar-refractivity contribution in [3.63, 3.8) is 0 Å². The molecule has 3 aliphatic rings. The van der Waals surface area contributed by atoms with Crippen LogP contribution in [0.1, 0.15) is 56.6 Å². The first kappa shape index (κ1) is 28.7. The number of hydrogen-bond donors (Lipinski definition) is 2. The molecule has 1 aliphatic carbocycles. The van der Waals surface area contributed by atoms with Crippen LogP contribution >= 0.6 is 0 Å². The molecule has 8 nitrogen and oxygen atoms in total. The number of nitrogens with one attached hydrogen (secondary N) is 1. The highest BCUT2D eigenvalue weighted by atomic mass is 19.1. The Kier molecular flexibility index (Phi) is 10.1. The maximum absolute atomic E-state index is 13.8. The molecule has 1 aromatic carbocycles. The number of halogens is 1. The first-order valence-electron chi connectivity index (χ1n) is 14.0. The van der Waals surface area contributed by atoms with Crippen LogP contribution in [0, 0.1) is 5.82 Å². The predicted molar refractivity (Wildman–Crippen MR) is 151 cm³/mol. The number of aromatic nitrogens is 2. The highest BCUT2D eigenvalue weighted by molar-refractivity contribution is 5.47. The van der Waals surface area contributed by atoms with E-state index in [-0.39, 0.29) is 17.9 Å². The van der Waals surface area contributed by atoms with E-state index in [1.54, 1.807) is 11.0 Å². The second-order valence-corrected chi connectivity index (χ2v) is 10.6. The minimum Gasteiger partial charge on any atom is -0.388 e. The monoisotopic (exact) mass is 537 g/mol. The maximum atomic E-state index is 13.8. The quantitative estimate of drug-likeness (QED) is 0.472. The zero-order valence-corrected chi connectivity index (χ0v) is 22.8. The first-order valence-corrected chi connectivity index (χ1v) is 14.0. The van der Waals surface area contributed by atoms with Crippen molar-refractivity contribution in [2.24, 2.45) is 0 Å². The van der Waals surface area contributed by atoms with Gasteiger partial charge in [-0.2, -0.15) is 0 Å². The third kappa shape index (κ3) is 8.10. The van der Waals surface area contributed by atoms with E-state index in [0.717, 1.165) is 17.5 Å². The molecule has 1 saturated heterocycles. The molecule has 0 spiro atoms. The number of likely N-dealkylation sites (tertiary alicyclic amines) is 1. The Morgan fingerprint density at radius 3 is 2.69 bits per heavy atom. The average Bonchev–Trinajstić information content (AvgIpc) is 3.36. The van der Waals surface area contributed by atoms with E-state index in [1.165, 1.54) is 54.3 Å². The van der Waals surface area contributed by atoms with Gasteiger partial charge in [-0.1, -0.05) is 49.3 Å². The van der Waals surface area contributed by atoms with Crippen molar-refractivity contribution in [3.05, 3.63) is 81.7 Å². The number of carbonyl (C=O) groups excluding carboxylic acids is 1. The van der Waals surface area contributed by atoms with Crippen LogP contribution in [0.4, 0.5) is 10.2 Å². The van der Waals surface area contributed by atoms with E-state index in [1.807, 2.05) is 6.07 Å². The SMILES string of the molecule is CCCC1=CCCC=C1.O=CN1CCC(O)(Cn2cnc(NCCN3Cc4cccc(F)c4C3)cc2=O)CC1. The number of rotatable bonds is 9. The molecule has 0 atom stereocenters. The van der Waals surface area contributed by atoms with Crippen LogP contribution in [0.5, 0.6) is 0 Å². The van der Waals surface area contributed by atoms with Crippen LogP contribution in [-0.4, -0.2) is 62.6 Å². The number of hydrogen-bond acceptors (Lipinski definition) is 6. The average molecular weight is 538 g/mol. The largest absolute Gasteiger partial charge is 0.388 e. The van der Waals surface area contributed by atoms with Crippen LogP contribution in [0.2, 0.25) is 0 Å². The summed E-state index contributed by atoms with van der Waals surface area (Å²) in [6, 6.07) is 6.59. The van der Waals surface area contributed by atoms with Crippen molar-refractivity contribution in [3.8, 4) is 0 Å². The van der Waals surface area contributed by atoms with Gasteiger partial charge in [-0.15, -0.1) is 0 Å². The third-order valence-electron chi connectivity index (χ3n) is 7.56. The van der Waals surface area contributed by atoms with E-state index < -0.39 is 5.60 Å². The molecule has 1 fully saturated rings. The van der Waals surface area contributed by atoms with Crippen molar-refractivity contribution in [1.29, 1.82) is 0 Å². The highest BCUT2D eigenvalue weighted by Crippen LogP contribution is 2.25. The highest BCUT2D eigenvalue weighted by Gasteiger charge is 2.32. The Hall–Kier alpha value is -3.30. The van der Waals surface area contributed by atoms with E-state index in [2.05, 4.69) is 40.4 Å². The number of amides is 1. The molecule has 0 unspecified atom stereocenters. The third-order valence-corrected chi connectivity index (χ3v) is 7.56. The molecule has 0 saturated carbocycles. The molecule has 3 heterocycles. The lowest BCUT2D eigenvalue weighted by Gasteiger charge is -2.36. The molecule has 0 bridgehead atoms. The normalized spacial score (nSPS) is 18.1. The topological polar surface area (TPSA) is 90.7 Å². The molecule has 210 valence electrons. The Balaban J connectivity index is 0.000000333. The maximum Gasteiger partial charge on any atom is 0.255 e. The second kappa shape index (κ2) is 13.7. The number of anilines is 1. The molecule has 1 aromatic heterocycles. The van der Waals surface area contributed by atoms with Gasteiger partial charge in [0.1, 0.15) is 11.6 Å². The zero-order valence-electron chi connectivity index (χ0n) is 22.8. The van der Waals surface area contributed by atoms with E-state index in [9.17, 15) is 19.1 Å². The van der Waals surface area contributed by atoms with E-state index >= 15 is 0 Å². The fourth-order valence-electron chi connectivity index (χ4n) is 5.25. The van der Waals surface area contributed by atoms with Crippen molar-refractivity contribution < 1.29 is 14.3 Å². The molecule has 39 heavy (non-hydrogen) atoms. The van der Waals surface area contributed by atoms with Crippen LogP contribution < -0.4 is 10.9 Å². The minimum atomic E-state index is -1.01. The standard InChI is InChI=1S/C21H26FN5O3.C9H14/c22-18-3-1-2-16-11-26(12-17(16)18)9-6-23-19-10-20(29)27(14-24-19)13-21(30)4-7-25(15-28)8-5-21;1-2-6-9-7-4-3-5-8-9/h1-3,10,14-15,23,30H,4-9,11-13H2;4,7-8H,2-3,5-6H2,1H3. The Morgan fingerprint density at radius 2 is 2.03 bits per heavy atom. The van der Waals surface area contributed by atoms with Gasteiger partial charge >= 0.3 is 0 Å². The summed E-state index contributed by atoms with van der Waals surface area (Å²) < 4.78 is 15.2. The lowest BCUT2D eigenvalue weighted by Crippen LogP contribution is -2.47. The Bertz CT molecular complexity index is 1230. The summed E-state index contributed by atoms with van der Waals surface area (Å²) in [4.78, 5) is 31.3. The summed E-state index contributed by atoms with van der Waals surface area (Å²) in [7, 11) is 0. The zero-order chi connectivity index (χ0) is 27.7. The number of piperidine rings is 1. The van der Waals surface area contributed by atoms with Gasteiger partial charge < -0.3 is 15.3 Å². The molecular formula is C30H40FN5O3. The molecule has 1 amide bonds. The van der Waals surface area contributed by atoms with Crippen molar-refractivity contribution in [2.45, 2.75) is 70.7 Å². The molecule has 2 N–H and O–H groups in total. The number of fused-ring (bicyclic) bond motifs is 1. The summed E-state index contributed by atoms with van der Waals surface area (Å²) in [6.07, 6.45) is 15.0. The molecule has 2 aromatic rings. The molecule has 0 radical (unpaired) electrons. The number of aliphatic hydroxyl groups is 1. The number of nitrogens with zero attached hydrogens (tertiary/aromatic N) is 4. The van der Waals surface area contributed by atoms with Gasteiger partial charge in [-0.05, 0) is 43.7 Å². The fraction of sp³-hybridized carbons (Fsp3) is 0.500. The van der Waals surface area contributed by atoms with Crippen molar-refractivity contribution in [1.82, 2.24) is 19.4 Å². The lowest BCUT2D eigenvalue weighted by molar-refractivity contribution is -0.122. The van der Waals surface area contributed by atoms with Gasteiger partial charge in [0.05, 0.1) is 18.5 Å². The lowest BCUT2D eigenvalue weighted by atomic mass is 9.91. The second-order valence-electron chi connectivity index (χ2n) is 10.6. The van der Waals surface area contributed by atoms with Crippen molar-refractivity contribution in [2.75, 3.05) is 31.5 Å². The van der Waals surface area contributed by atoms with E-state index in [0.29, 0.717) is 57.9 Å². The smallest absolute Gasteiger partial charge is 0.255 e. The summed E-state index contributed by atoms with van der Waals surface area (Å²) in [5.41, 5.74) is 2.06.